The van der Waals surface area contributed by atoms with E-state index < -0.39 is 0 Å². The SMILES string of the molecule is CCOC(=O)C1=C(C)N=C2CC(C)(C)CC(=O)C2C1C1=CC(C)C(c2ccccc2)C=C1. The molecule has 4 atom stereocenters. The van der Waals surface area contributed by atoms with Gasteiger partial charge in [0, 0.05) is 29.7 Å². The van der Waals surface area contributed by atoms with Crippen molar-refractivity contribution in [2.75, 3.05) is 6.61 Å². The van der Waals surface area contributed by atoms with Crippen molar-refractivity contribution in [1.29, 1.82) is 0 Å². The highest BCUT2D eigenvalue weighted by Crippen LogP contribution is 2.47. The second-order valence-electron chi connectivity index (χ2n) is 10.1. The van der Waals surface area contributed by atoms with Crippen LogP contribution < -0.4 is 0 Å². The van der Waals surface area contributed by atoms with Crippen molar-refractivity contribution < 1.29 is 14.3 Å². The molecule has 1 saturated carbocycles. The van der Waals surface area contributed by atoms with Crippen LogP contribution in [-0.2, 0) is 14.3 Å². The minimum Gasteiger partial charge on any atom is -0.463 e. The van der Waals surface area contributed by atoms with E-state index in [0.717, 1.165) is 17.7 Å². The first kappa shape index (κ1) is 22.4. The lowest BCUT2D eigenvalue weighted by atomic mass is 9.62. The second-order valence-corrected chi connectivity index (χ2v) is 10.1. The van der Waals surface area contributed by atoms with Crippen LogP contribution in [0, 0.1) is 23.2 Å². The topological polar surface area (TPSA) is 55.7 Å². The molecule has 4 rings (SSSR count). The Morgan fingerprint density at radius 1 is 1.16 bits per heavy atom. The van der Waals surface area contributed by atoms with E-state index in [0.29, 0.717) is 24.3 Å². The number of hydrogen-bond acceptors (Lipinski definition) is 4. The fourth-order valence-corrected chi connectivity index (χ4v) is 5.58. The maximum atomic E-state index is 13.4. The van der Waals surface area contributed by atoms with E-state index in [-0.39, 0.29) is 40.8 Å². The Labute approximate surface area is 191 Å². The van der Waals surface area contributed by atoms with E-state index in [9.17, 15) is 9.59 Å². The number of hydrogen-bond donors (Lipinski definition) is 0. The van der Waals surface area contributed by atoms with Gasteiger partial charge < -0.3 is 4.74 Å². The summed E-state index contributed by atoms with van der Waals surface area (Å²) < 4.78 is 5.42. The molecular formula is C28H33NO3. The quantitative estimate of drug-likeness (QED) is 0.565. The van der Waals surface area contributed by atoms with Crippen LogP contribution in [-0.4, -0.2) is 24.1 Å². The first-order valence-corrected chi connectivity index (χ1v) is 11.6. The molecular weight excluding hydrogens is 398 g/mol. The molecule has 168 valence electrons. The number of fused-ring (bicyclic) bond motifs is 1. The number of rotatable bonds is 4. The first-order chi connectivity index (χ1) is 15.2. The van der Waals surface area contributed by atoms with Gasteiger partial charge in [-0.2, -0.15) is 0 Å². The molecule has 0 spiro atoms. The number of ketones is 1. The predicted octanol–water partition coefficient (Wildman–Crippen LogP) is 5.82. The summed E-state index contributed by atoms with van der Waals surface area (Å²) in [7, 11) is 0. The number of esters is 1. The number of carbonyl (C=O) groups excluding carboxylic acids is 2. The third-order valence-electron chi connectivity index (χ3n) is 6.92. The van der Waals surface area contributed by atoms with Gasteiger partial charge in [0.05, 0.1) is 18.1 Å². The Balaban J connectivity index is 1.76. The van der Waals surface area contributed by atoms with Crippen LogP contribution in [0.4, 0.5) is 0 Å². The highest BCUT2D eigenvalue weighted by atomic mass is 16.5. The van der Waals surface area contributed by atoms with Crippen LogP contribution in [0.1, 0.15) is 58.9 Å². The van der Waals surface area contributed by atoms with Gasteiger partial charge in [0.1, 0.15) is 5.78 Å². The molecule has 2 aliphatic carbocycles. The Hall–Kier alpha value is -2.75. The average molecular weight is 432 g/mol. The first-order valence-electron chi connectivity index (χ1n) is 11.6. The van der Waals surface area contributed by atoms with Crippen LogP contribution in [0.15, 0.2) is 70.4 Å². The van der Waals surface area contributed by atoms with Gasteiger partial charge in [-0.15, -0.1) is 0 Å². The van der Waals surface area contributed by atoms with Crippen LogP contribution >= 0.6 is 0 Å². The van der Waals surface area contributed by atoms with Gasteiger partial charge in [-0.3, -0.25) is 9.79 Å². The predicted molar refractivity (Wildman–Crippen MR) is 127 cm³/mol. The minimum atomic E-state index is -0.387. The highest BCUT2D eigenvalue weighted by Gasteiger charge is 2.48. The summed E-state index contributed by atoms with van der Waals surface area (Å²) in [5, 5.41) is 0. The molecule has 1 aliphatic heterocycles. The van der Waals surface area contributed by atoms with Gasteiger partial charge in [0.2, 0.25) is 0 Å². The summed E-state index contributed by atoms with van der Waals surface area (Å²) in [5.74, 6) is -0.385. The lowest BCUT2D eigenvalue weighted by Crippen LogP contribution is -2.45. The van der Waals surface area contributed by atoms with Crippen LogP contribution in [0.3, 0.4) is 0 Å². The third kappa shape index (κ3) is 4.15. The normalized spacial score (nSPS) is 29.2. The summed E-state index contributed by atoms with van der Waals surface area (Å²) in [6, 6.07) is 10.5. The molecule has 1 fully saturated rings. The van der Waals surface area contributed by atoms with E-state index in [2.05, 4.69) is 63.3 Å². The Morgan fingerprint density at radius 2 is 1.88 bits per heavy atom. The van der Waals surface area contributed by atoms with E-state index in [1.807, 2.05) is 13.0 Å². The molecule has 4 unspecified atom stereocenters. The number of carbonyl (C=O) groups is 2. The van der Waals surface area contributed by atoms with Crippen molar-refractivity contribution in [3.05, 3.63) is 71.0 Å². The number of aliphatic imine (C=N–C) groups is 1. The van der Waals surface area contributed by atoms with Crippen molar-refractivity contribution in [2.24, 2.45) is 28.2 Å². The Bertz CT molecular complexity index is 1040. The van der Waals surface area contributed by atoms with E-state index in [1.165, 1.54) is 5.56 Å². The molecule has 0 aromatic heterocycles. The monoisotopic (exact) mass is 431 g/mol. The minimum absolute atomic E-state index is 0.110. The fraction of sp³-hybridized carbons (Fsp3) is 0.464. The van der Waals surface area contributed by atoms with Gasteiger partial charge in [-0.05, 0) is 42.7 Å². The smallest absolute Gasteiger partial charge is 0.336 e. The summed E-state index contributed by atoms with van der Waals surface area (Å²) in [6.07, 6.45) is 7.85. The average Bonchev–Trinajstić information content (AvgIpc) is 2.72. The van der Waals surface area contributed by atoms with Gasteiger partial charge in [-0.1, -0.05) is 69.3 Å². The number of Topliss-reactive ketones (excluding diaryl/α,β-unsaturated/α-hetero) is 1. The second kappa shape index (κ2) is 8.65. The molecule has 1 aromatic rings. The van der Waals surface area contributed by atoms with Crippen molar-refractivity contribution in [1.82, 2.24) is 0 Å². The number of benzene rings is 1. The lowest BCUT2D eigenvalue weighted by molar-refractivity contribution is -0.139. The molecule has 3 aliphatic rings. The zero-order chi connectivity index (χ0) is 23.0. The summed E-state index contributed by atoms with van der Waals surface area (Å²) in [6.45, 7) is 10.4. The molecule has 0 radical (unpaired) electrons. The van der Waals surface area contributed by atoms with E-state index in [4.69, 9.17) is 9.73 Å². The largest absolute Gasteiger partial charge is 0.463 e. The standard InChI is InChI=1S/C28H33NO3/c1-6-32-27(31)24-18(3)29-22-15-28(4,5)16-23(30)26(22)25(24)20-12-13-21(17(2)14-20)19-10-8-7-9-11-19/h7-14,17,21,25-26H,6,15-16H2,1-5H3. The maximum absolute atomic E-state index is 13.4. The Morgan fingerprint density at radius 3 is 2.53 bits per heavy atom. The van der Waals surface area contributed by atoms with Gasteiger partial charge in [-0.25, -0.2) is 4.79 Å². The van der Waals surface area contributed by atoms with E-state index >= 15 is 0 Å². The molecule has 4 nitrogen and oxygen atoms in total. The van der Waals surface area contributed by atoms with Crippen molar-refractivity contribution in [3.8, 4) is 0 Å². The molecule has 32 heavy (non-hydrogen) atoms. The third-order valence-corrected chi connectivity index (χ3v) is 6.92. The van der Waals surface area contributed by atoms with Crippen molar-refractivity contribution in [2.45, 2.75) is 53.4 Å². The summed E-state index contributed by atoms with van der Waals surface area (Å²) in [5.41, 5.74) is 4.31. The highest BCUT2D eigenvalue weighted by molar-refractivity contribution is 6.11. The van der Waals surface area contributed by atoms with Gasteiger partial charge >= 0.3 is 5.97 Å². The van der Waals surface area contributed by atoms with Crippen molar-refractivity contribution in [3.63, 3.8) is 0 Å². The molecule has 0 saturated heterocycles. The number of allylic oxidation sites excluding steroid dienone is 5. The zero-order valence-electron chi connectivity index (χ0n) is 19.7. The maximum Gasteiger partial charge on any atom is 0.336 e. The summed E-state index contributed by atoms with van der Waals surface area (Å²) >= 11 is 0. The molecule has 4 heteroatoms. The van der Waals surface area contributed by atoms with Gasteiger partial charge in [0.15, 0.2) is 0 Å². The molecule has 0 N–H and O–H groups in total. The molecule has 1 heterocycles. The Kier molecular flexibility index (Phi) is 6.07. The zero-order valence-corrected chi connectivity index (χ0v) is 19.7. The summed E-state index contributed by atoms with van der Waals surface area (Å²) in [4.78, 5) is 31.2. The van der Waals surface area contributed by atoms with Crippen LogP contribution in [0.5, 0.6) is 0 Å². The lowest BCUT2D eigenvalue weighted by Gasteiger charge is -2.42. The number of ether oxygens (including phenoxy) is 1. The molecule has 1 aromatic carbocycles. The molecule has 0 amide bonds. The molecule has 0 bridgehead atoms. The van der Waals surface area contributed by atoms with E-state index in [1.54, 1.807) is 6.92 Å². The van der Waals surface area contributed by atoms with Crippen LogP contribution in [0.25, 0.3) is 0 Å². The fourth-order valence-electron chi connectivity index (χ4n) is 5.58. The van der Waals surface area contributed by atoms with Gasteiger partial charge in [0.25, 0.3) is 0 Å². The van der Waals surface area contributed by atoms with Crippen LogP contribution in [0.2, 0.25) is 0 Å². The van der Waals surface area contributed by atoms with Crippen molar-refractivity contribution >= 4 is 17.5 Å². The number of nitrogens with zero attached hydrogens (tertiary/aromatic N) is 1.